The van der Waals surface area contributed by atoms with Crippen LogP contribution in [0.1, 0.15) is 12.5 Å². The topological polar surface area (TPSA) is 50.4 Å². The van der Waals surface area contributed by atoms with Crippen LogP contribution in [0, 0.1) is 0 Å². The highest BCUT2D eigenvalue weighted by Gasteiger charge is 2.07. The molecule has 4 heteroatoms. The molecule has 0 fully saturated rings. The minimum atomic E-state index is -0.0484. The maximum absolute atomic E-state index is 10.9. The molecule has 1 aromatic carbocycles. The Bertz CT molecular complexity index is 377. The molecule has 0 spiro atoms. The molecule has 4 nitrogen and oxygen atoms in total. The van der Waals surface area contributed by atoms with E-state index in [2.05, 4.69) is 10.6 Å². The second-order valence-corrected chi connectivity index (χ2v) is 3.53. The van der Waals surface area contributed by atoms with Crippen LogP contribution in [0.15, 0.2) is 18.2 Å². The number of amides is 1. The number of nitrogens with one attached hydrogen (secondary N) is 2. The normalized spacial score (nSPS) is 14.7. The van der Waals surface area contributed by atoms with Gasteiger partial charge in [-0.05, 0) is 30.2 Å². The first-order valence-corrected chi connectivity index (χ1v) is 4.98. The summed E-state index contributed by atoms with van der Waals surface area (Å²) < 4.78 is 5.30. The number of carbonyl (C=O) groups excluding carboxylic acids is 1. The Labute approximate surface area is 88.6 Å². The van der Waals surface area contributed by atoms with Gasteiger partial charge in [0.15, 0.2) is 0 Å². The first-order chi connectivity index (χ1) is 7.25. The minimum Gasteiger partial charge on any atom is -0.362 e. The Balaban J connectivity index is 2.23. The Kier molecular flexibility index (Phi) is 2.87. The maximum atomic E-state index is 10.9. The van der Waals surface area contributed by atoms with Crippen molar-refractivity contribution in [3.05, 3.63) is 23.8 Å². The third-order valence-electron chi connectivity index (χ3n) is 2.31. The second-order valence-electron chi connectivity index (χ2n) is 3.53. The number of rotatable bonds is 1. The molecule has 0 bridgehead atoms. The van der Waals surface area contributed by atoms with E-state index in [0.717, 1.165) is 17.8 Å². The number of anilines is 2. The smallest absolute Gasteiger partial charge is 0.221 e. The summed E-state index contributed by atoms with van der Waals surface area (Å²) in [6.07, 6.45) is 0.871. The van der Waals surface area contributed by atoms with Gasteiger partial charge >= 0.3 is 0 Å². The molecule has 80 valence electrons. The fourth-order valence-electron chi connectivity index (χ4n) is 1.64. The van der Waals surface area contributed by atoms with E-state index >= 15 is 0 Å². The number of hydrogen-bond acceptors (Lipinski definition) is 3. The molecule has 1 aliphatic heterocycles. The molecule has 1 aliphatic rings. The zero-order chi connectivity index (χ0) is 10.7. The molecule has 1 amide bonds. The molecule has 0 aliphatic carbocycles. The van der Waals surface area contributed by atoms with E-state index in [1.54, 1.807) is 0 Å². The van der Waals surface area contributed by atoms with Crippen molar-refractivity contribution in [1.82, 2.24) is 0 Å². The molecule has 0 radical (unpaired) electrons. The lowest BCUT2D eigenvalue weighted by molar-refractivity contribution is -0.114. The quantitative estimate of drug-likeness (QED) is 0.733. The van der Waals surface area contributed by atoms with Crippen molar-refractivity contribution in [3.8, 4) is 0 Å². The number of hydrogen-bond donors (Lipinski definition) is 2. The van der Waals surface area contributed by atoms with Gasteiger partial charge in [-0.25, -0.2) is 0 Å². The van der Waals surface area contributed by atoms with Crippen LogP contribution in [0.5, 0.6) is 0 Å². The fourth-order valence-corrected chi connectivity index (χ4v) is 1.64. The summed E-state index contributed by atoms with van der Waals surface area (Å²) in [5.74, 6) is -0.0484. The molecule has 15 heavy (non-hydrogen) atoms. The van der Waals surface area contributed by atoms with E-state index in [1.807, 2.05) is 18.2 Å². The van der Waals surface area contributed by atoms with Gasteiger partial charge < -0.3 is 15.4 Å². The third-order valence-corrected chi connectivity index (χ3v) is 2.31. The Morgan fingerprint density at radius 2 is 2.40 bits per heavy atom. The van der Waals surface area contributed by atoms with Crippen LogP contribution in [-0.2, 0) is 16.0 Å². The van der Waals surface area contributed by atoms with Crippen molar-refractivity contribution < 1.29 is 9.53 Å². The van der Waals surface area contributed by atoms with Crippen LogP contribution >= 0.6 is 0 Å². The number of ether oxygens (including phenoxy) is 1. The van der Waals surface area contributed by atoms with Gasteiger partial charge in [0.1, 0.15) is 6.73 Å². The van der Waals surface area contributed by atoms with Gasteiger partial charge in [0, 0.05) is 18.3 Å². The largest absolute Gasteiger partial charge is 0.362 e. The first kappa shape index (κ1) is 9.98. The predicted molar refractivity (Wildman–Crippen MR) is 58.9 cm³/mol. The molecule has 1 heterocycles. The lowest BCUT2D eigenvalue weighted by Gasteiger charge is -2.09. The van der Waals surface area contributed by atoms with Crippen molar-refractivity contribution in [1.29, 1.82) is 0 Å². The molecular formula is C11H14N2O2. The number of fused-ring (bicyclic) bond motifs is 1. The molecule has 2 rings (SSSR count). The van der Waals surface area contributed by atoms with Crippen molar-refractivity contribution in [2.24, 2.45) is 0 Å². The Morgan fingerprint density at radius 3 is 3.20 bits per heavy atom. The summed E-state index contributed by atoms with van der Waals surface area (Å²) in [7, 11) is 0. The predicted octanol–water partition coefficient (Wildman–Crippen LogP) is 1.59. The lowest BCUT2D eigenvalue weighted by atomic mass is 10.1. The molecule has 2 N–H and O–H groups in total. The summed E-state index contributed by atoms with van der Waals surface area (Å²) in [4.78, 5) is 10.9. The van der Waals surface area contributed by atoms with Gasteiger partial charge in [-0.15, -0.1) is 0 Å². The van der Waals surface area contributed by atoms with Gasteiger partial charge in [-0.2, -0.15) is 0 Å². The van der Waals surface area contributed by atoms with Crippen LogP contribution in [0.2, 0.25) is 0 Å². The summed E-state index contributed by atoms with van der Waals surface area (Å²) >= 11 is 0. The van der Waals surface area contributed by atoms with Crippen molar-refractivity contribution >= 4 is 17.3 Å². The molecule has 0 unspecified atom stereocenters. The Hall–Kier alpha value is -1.55. The van der Waals surface area contributed by atoms with Gasteiger partial charge in [-0.3, -0.25) is 4.79 Å². The van der Waals surface area contributed by atoms with E-state index in [0.29, 0.717) is 13.3 Å². The van der Waals surface area contributed by atoms with Crippen molar-refractivity contribution in [2.75, 3.05) is 24.0 Å². The summed E-state index contributed by atoms with van der Waals surface area (Å²) in [6, 6.07) is 5.84. The zero-order valence-corrected chi connectivity index (χ0v) is 8.67. The molecule has 1 aromatic rings. The van der Waals surface area contributed by atoms with Crippen LogP contribution in [0.4, 0.5) is 11.4 Å². The van der Waals surface area contributed by atoms with Crippen LogP contribution < -0.4 is 10.6 Å². The van der Waals surface area contributed by atoms with Crippen molar-refractivity contribution in [3.63, 3.8) is 0 Å². The molecule has 0 saturated carbocycles. The summed E-state index contributed by atoms with van der Waals surface area (Å²) in [6.45, 7) is 2.77. The highest BCUT2D eigenvalue weighted by molar-refractivity contribution is 5.89. The fraction of sp³-hybridized carbons (Fsp3) is 0.364. The monoisotopic (exact) mass is 206 g/mol. The molecule has 0 atom stereocenters. The second kappa shape index (κ2) is 4.31. The zero-order valence-electron chi connectivity index (χ0n) is 8.67. The average molecular weight is 206 g/mol. The Morgan fingerprint density at radius 1 is 1.53 bits per heavy atom. The first-order valence-electron chi connectivity index (χ1n) is 4.98. The van der Waals surface area contributed by atoms with Crippen LogP contribution in [0.25, 0.3) is 0 Å². The summed E-state index contributed by atoms with van der Waals surface area (Å²) in [5, 5.41) is 5.94. The lowest BCUT2D eigenvalue weighted by Crippen LogP contribution is -2.06. The average Bonchev–Trinajstić information content (AvgIpc) is 2.41. The van der Waals surface area contributed by atoms with Crippen LogP contribution in [0.3, 0.4) is 0 Å². The molecule has 0 aromatic heterocycles. The van der Waals surface area contributed by atoms with Gasteiger partial charge in [0.2, 0.25) is 5.91 Å². The van der Waals surface area contributed by atoms with E-state index in [1.165, 1.54) is 12.5 Å². The van der Waals surface area contributed by atoms with E-state index < -0.39 is 0 Å². The van der Waals surface area contributed by atoms with Gasteiger partial charge in [0.05, 0.1) is 6.61 Å². The highest BCUT2D eigenvalue weighted by atomic mass is 16.5. The minimum absolute atomic E-state index is 0.0484. The van der Waals surface area contributed by atoms with Gasteiger partial charge in [0.25, 0.3) is 0 Å². The van der Waals surface area contributed by atoms with E-state index in [9.17, 15) is 4.79 Å². The number of carbonyl (C=O) groups is 1. The van der Waals surface area contributed by atoms with Crippen LogP contribution in [-0.4, -0.2) is 19.2 Å². The third kappa shape index (κ3) is 2.47. The highest BCUT2D eigenvalue weighted by Crippen LogP contribution is 2.22. The maximum Gasteiger partial charge on any atom is 0.221 e. The summed E-state index contributed by atoms with van der Waals surface area (Å²) in [5.41, 5.74) is 3.10. The SMILES string of the molecule is CC(=O)Nc1ccc2c(c1)CCOCN2. The van der Waals surface area contributed by atoms with Gasteiger partial charge in [-0.1, -0.05) is 0 Å². The molecule has 0 saturated heterocycles. The van der Waals surface area contributed by atoms with E-state index in [4.69, 9.17) is 4.74 Å². The molecular weight excluding hydrogens is 192 g/mol. The standard InChI is InChI=1S/C11H14N2O2/c1-8(14)13-10-2-3-11-9(6-10)4-5-15-7-12-11/h2-3,6,12H,4-5,7H2,1H3,(H,13,14). The van der Waals surface area contributed by atoms with Crippen molar-refractivity contribution in [2.45, 2.75) is 13.3 Å². The van der Waals surface area contributed by atoms with E-state index in [-0.39, 0.29) is 5.91 Å². The number of benzene rings is 1.